The Labute approximate surface area is 96.2 Å². The van der Waals surface area contributed by atoms with E-state index in [9.17, 15) is 9.90 Å². The summed E-state index contributed by atoms with van der Waals surface area (Å²) in [5.41, 5.74) is 0. The highest BCUT2D eigenvalue weighted by molar-refractivity contribution is 7.11. The summed E-state index contributed by atoms with van der Waals surface area (Å²) >= 11 is 1.29. The van der Waals surface area contributed by atoms with Crippen LogP contribution in [-0.4, -0.2) is 41.3 Å². The molecule has 1 aromatic rings. The molecule has 0 aliphatic carbocycles. The van der Waals surface area contributed by atoms with Gasteiger partial charge in [0.25, 0.3) is 0 Å². The molecule has 2 N–H and O–H groups in total. The van der Waals surface area contributed by atoms with Gasteiger partial charge in [0, 0.05) is 6.42 Å². The number of esters is 1. The van der Waals surface area contributed by atoms with E-state index in [2.05, 4.69) is 0 Å². The Morgan fingerprint density at radius 1 is 1.62 bits per heavy atom. The number of aliphatic hydroxyl groups excluding tert-OH is 2. The summed E-state index contributed by atoms with van der Waals surface area (Å²) in [6.45, 7) is -0.0467. The summed E-state index contributed by atoms with van der Waals surface area (Å²) in [5.74, 6) is -0.438. The van der Waals surface area contributed by atoms with Crippen LogP contribution in [0.1, 0.15) is 16.1 Å². The maximum atomic E-state index is 11.4. The van der Waals surface area contributed by atoms with Gasteiger partial charge in [0.15, 0.2) is 6.29 Å². The zero-order valence-electron chi connectivity index (χ0n) is 8.41. The number of carbonyl (C=O) groups is 1. The monoisotopic (exact) mass is 244 g/mol. The minimum absolute atomic E-state index is 0.0467. The lowest BCUT2D eigenvalue weighted by Gasteiger charge is -2.13. The van der Waals surface area contributed by atoms with Crippen molar-refractivity contribution < 1.29 is 24.5 Å². The average molecular weight is 244 g/mol. The Morgan fingerprint density at radius 3 is 3.00 bits per heavy atom. The number of aliphatic hydroxyl groups is 2. The molecule has 3 atom stereocenters. The molecule has 0 unspecified atom stereocenters. The van der Waals surface area contributed by atoms with Crippen molar-refractivity contribution in [1.29, 1.82) is 0 Å². The number of ether oxygens (including phenoxy) is 2. The second kappa shape index (κ2) is 4.92. The van der Waals surface area contributed by atoms with Gasteiger partial charge in [0.05, 0.1) is 6.10 Å². The van der Waals surface area contributed by atoms with E-state index in [4.69, 9.17) is 14.6 Å². The molecule has 1 aliphatic heterocycles. The quantitative estimate of drug-likeness (QED) is 0.751. The van der Waals surface area contributed by atoms with Crippen molar-refractivity contribution in [2.45, 2.75) is 24.9 Å². The molecule has 5 nitrogen and oxygen atoms in total. The van der Waals surface area contributed by atoms with Gasteiger partial charge < -0.3 is 19.7 Å². The Balaban J connectivity index is 1.82. The molecule has 1 fully saturated rings. The predicted octanol–water partition coefficient (Wildman–Crippen LogP) is 0.373. The Bertz CT molecular complexity index is 350. The molecule has 0 saturated carbocycles. The lowest BCUT2D eigenvalue weighted by molar-refractivity contribution is -0.109. The fourth-order valence-electron chi connectivity index (χ4n) is 1.48. The van der Waals surface area contributed by atoms with Crippen LogP contribution >= 0.6 is 11.3 Å². The van der Waals surface area contributed by atoms with Crippen molar-refractivity contribution in [3.05, 3.63) is 22.4 Å². The first-order valence-corrected chi connectivity index (χ1v) is 5.77. The molecule has 0 spiro atoms. The van der Waals surface area contributed by atoms with Gasteiger partial charge in [-0.25, -0.2) is 4.79 Å². The molecule has 88 valence electrons. The Kier molecular flexibility index (Phi) is 3.55. The van der Waals surface area contributed by atoms with Crippen molar-refractivity contribution in [3.8, 4) is 0 Å². The number of hydrogen-bond donors (Lipinski definition) is 2. The van der Waals surface area contributed by atoms with Crippen molar-refractivity contribution in [2.75, 3.05) is 6.61 Å². The van der Waals surface area contributed by atoms with E-state index in [-0.39, 0.29) is 13.0 Å². The first-order chi connectivity index (χ1) is 7.66. The molecule has 1 aromatic heterocycles. The van der Waals surface area contributed by atoms with Gasteiger partial charge in [-0.15, -0.1) is 11.3 Å². The van der Waals surface area contributed by atoms with Crippen LogP contribution in [0.25, 0.3) is 0 Å². The van der Waals surface area contributed by atoms with E-state index in [1.165, 1.54) is 11.3 Å². The topological polar surface area (TPSA) is 76.0 Å². The third-order valence-corrected chi connectivity index (χ3v) is 3.16. The molecule has 1 saturated heterocycles. The van der Waals surface area contributed by atoms with E-state index in [1.807, 2.05) is 0 Å². The Morgan fingerprint density at radius 2 is 2.44 bits per heavy atom. The normalized spacial score (nSPS) is 29.2. The highest BCUT2D eigenvalue weighted by Gasteiger charge is 2.33. The van der Waals surface area contributed by atoms with Gasteiger partial charge in [0.1, 0.15) is 17.6 Å². The summed E-state index contributed by atoms with van der Waals surface area (Å²) in [6, 6.07) is 3.42. The van der Waals surface area contributed by atoms with E-state index >= 15 is 0 Å². The third kappa shape index (κ3) is 2.59. The lowest BCUT2D eigenvalue weighted by atomic mass is 10.2. The predicted molar refractivity (Wildman–Crippen MR) is 56.1 cm³/mol. The van der Waals surface area contributed by atoms with E-state index in [0.717, 1.165) is 0 Å². The molecule has 0 bridgehead atoms. The number of thiophene rings is 1. The molecule has 0 aromatic carbocycles. The van der Waals surface area contributed by atoms with Crippen LogP contribution in [0.3, 0.4) is 0 Å². The van der Waals surface area contributed by atoms with Gasteiger partial charge >= 0.3 is 5.97 Å². The van der Waals surface area contributed by atoms with Crippen molar-refractivity contribution in [1.82, 2.24) is 0 Å². The molecular formula is C10H12O5S. The second-order valence-corrected chi connectivity index (χ2v) is 4.46. The number of rotatable bonds is 3. The molecule has 0 amide bonds. The minimum atomic E-state index is -0.972. The second-order valence-electron chi connectivity index (χ2n) is 3.51. The van der Waals surface area contributed by atoms with E-state index in [0.29, 0.717) is 4.88 Å². The van der Waals surface area contributed by atoms with E-state index in [1.54, 1.807) is 17.5 Å². The summed E-state index contributed by atoms with van der Waals surface area (Å²) in [5, 5.41) is 20.3. The largest absolute Gasteiger partial charge is 0.459 e. The molecular weight excluding hydrogens is 232 g/mol. The van der Waals surface area contributed by atoms with Crippen LogP contribution < -0.4 is 0 Å². The molecule has 2 heterocycles. The summed E-state index contributed by atoms with van der Waals surface area (Å²) < 4.78 is 9.94. The number of hydrogen-bond acceptors (Lipinski definition) is 6. The highest BCUT2D eigenvalue weighted by atomic mass is 32.1. The van der Waals surface area contributed by atoms with Crippen LogP contribution in [0.5, 0.6) is 0 Å². The SMILES string of the molecule is O=C(OC[C@@H]1O[C@@H](O)C[C@H]1O)c1cccs1. The molecule has 0 radical (unpaired) electrons. The standard InChI is InChI=1S/C10H12O5S/c11-6-4-9(12)15-7(6)5-14-10(13)8-2-1-3-16-8/h1-3,6-7,9,11-12H,4-5H2/t6-,7+,9-/m1/s1. The fraction of sp³-hybridized carbons (Fsp3) is 0.500. The average Bonchev–Trinajstić information content (AvgIpc) is 2.84. The summed E-state index contributed by atoms with van der Waals surface area (Å²) in [4.78, 5) is 11.9. The number of carbonyl (C=O) groups excluding carboxylic acids is 1. The zero-order valence-corrected chi connectivity index (χ0v) is 9.22. The fourth-order valence-corrected chi connectivity index (χ4v) is 2.10. The van der Waals surface area contributed by atoms with Crippen LogP contribution in [0.15, 0.2) is 17.5 Å². The smallest absolute Gasteiger partial charge is 0.348 e. The first-order valence-electron chi connectivity index (χ1n) is 4.89. The van der Waals surface area contributed by atoms with Crippen LogP contribution in [0, 0.1) is 0 Å². The van der Waals surface area contributed by atoms with Crippen molar-refractivity contribution in [2.24, 2.45) is 0 Å². The maximum absolute atomic E-state index is 11.4. The highest BCUT2D eigenvalue weighted by Crippen LogP contribution is 2.19. The van der Waals surface area contributed by atoms with Crippen molar-refractivity contribution in [3.63, 3.8) is 0 Å². The maximum Gasteiger partial charge on any atom is 0.348 e. The minimum Gasteiger partial charge on any atom is -0.459 e. The van der Waals surface area contributed by atoms with Crippen LogP contribution in [0.4, 0.5) is 0 Å². The molecule has 6 heteroatoms. The third-order valence-electron chi connectivity index (χ3n) is 2.31. The lowest BCUT2D eigenvalue weighted by Crippen LogP contribution is -2.27. The van der Waals surface area contributed by atoms with Crippen LogP contribution in [-0.2, 0) is 9.47 Å². The summed E-state index contributed by atoms with van der Waals surface area (Å²) in [6.07, 6.45) is -2.24. The van der Waals surface area contributed by atoms with Crippen LogP contribution in [0.2, 0.25) is 0 Å². The van der Waals surface area contributed by atoms with Gasteiger partial charge in [-0.05, 0) is 11.4 Å². The van der Waals surface area contributed by atoms with Crippen molar-refractivity contribution >= 4 is 17.3 Å². The molecule has 16 heavy (non-hydrogen) atoms. The van der Waals surface area contributed by atoms with E-state index < -0.39 is 24.5 Å². The van der Waals surface area contributed by atoms with Gasteiger partial charge in [-0.1, -0.05) is 6.07 Å². The van der Waals surface area contributed by atoms with Gasteiger partial charge in [-0.2, -0.15) is 0 Å². The van der Waals surface area contributed by atoms with Gasteiger partial charge in [-0.3, -0.25) is 0 Å². The molecule has 2 rings (SSSR count). The molecule has 1 aliphatic rings. The Hall–Kier alpha value is -0.950. The first kappa shape index (κ1) is 11.5. The summed E-state index contributed by atoms with van der Waals surface area (Å²) in [7, 11) is 0. The zero-order chi connectivity index (χ0) is 11.5. The van der Waals surface area contributed by atoms with Gasteiger partial charge in [0.2, 0.25) is 0 Å².